The molecular formula is C11H14N2O6. The van der Waals surface area contributed by atoms with Gasteiger partial charge < -0.3 is 4.74 Å². The Labute approximate surface area is 109 Å². The summed E-state index contributed by atoms with van der Waals surface area (Å²) in [4.78, 5) is 25.5. The summed E-state index contributed by atoms with van der Waals surface area (Å²) >= 11 is 0. The maximum atomic E-state index is 11.7. The summed E-state index contributed by atoms with van der Waals surface area (Å²) in [6.45, 7) is 4.95. The van der Waals surface area contributed by atoms with Crippen LogP contribution in [0.2, 0.25) is 0 Å². The van der Waals surface area contributed by atoms with Gasteiger partial charge in [-0.3, -0.25) is 10.1 Å². The molecule has 0 bridgehead atoms. The number of hydroxylamine groups is 1. The third-order valence-electron chi connectivity index (χ3n) is 1.94. The molecule has 0 aromatic heterocycles. The molecule has 1 rings (SSSR count). The van der Waals surface area contributed by atoms with E-state index in [1.165, 1.54) is 24.3 Å². The van der Waals surface area contributed by atoms with Gasteiger partial charge in [0, 0.05) is 12.1 Å². The SMILES string of the molecule is CC(C)(C)OC(=O)N(OO)c1ccc([N+](=O)[O-])cc1. The van der Waals surface area contributed by atoms with Crippen LogP contribution in [0.1, 0.15) is 20.8 Å². The van der Waals surface area contributed by atoms with Crippen LogP contribution in [0.3, 0.4) is 0 Å². The van der Waals surface area contributed by atoms with Crippen LogP contribution in [0.4, 0.5) is 16.2 Å². The van der Waals surface area contributed by atoms with Gasteiger partial charge in [-0.25, -0.2) is 10.1 Å². The molecule has 104 valence electrons. The summed E-state index contributed by atoms with van der Waals surface area (Å²) in [7, 11) is 0. The maximum Gasteiger partial charge on any atom is 0.441 e. The number of nitro groups is 1. The molecule has 0 atom stereocenters. The Morgan fingerprint density at radius 2 is 1.84 bits per heavy atom. The fourth-order valence-corrected chi connectivity index (χ4v) is 1.20. The number of rotatable bonds is 3. The van der Waals surface area contributed by atoms with Crippen LogP contribution in [0, 0.1) is 10.1 Å². The summed E-state index contributed by atoms with van der Waals surface area (Å²) in [6.07, 6.45) is -0.941. The number of hydrogen-bond acceptors (Lipinski definition) is 6. The Kier molecular flexibility index (Phi) is 4.41. The predicted molar refractivity (Wildman–Crippen MR) is 65.5 cm³/mol. The van der Waals surface area contributed by atoms with Crippen molar-refractivity contribution in [2.45, 2.75) is 26.4 Å². The minimum absolute atomic E-state index is 0.0994. The summed E-state index contributed by atoms with van der Waals surface area (Å²) in [6, 6.07) is 4.84. The minimum Gasteiger partial charge on any atom is -0.442 e. The van der Waals surface area contributed by atoms with Gasteiger partial charge in [-0.1, -0.05) is 0 Å². The van der Waals surface area contributed by atoms with E-state index in [0.717, 1.165) is 0 Å². The van der Waals surface area contributed by atoms with Crippen LogP contribution in [0.5, 0.6) is 0 Å². The first-order valence-corrected chi connectivity index (χ1v) is 5.33. The van der Waals surface area contributed by atoms with Crippen LogP contribution < -0.4 is 5.06 Å². The normalized spacial score (nSPS) is 10.9. The lowest BCUT2D eigenvalue weighted by molar-refractivity contribution is -0.384. The fraction of sp³-hybridized carbons (Fsp3) is 0.364. The Hall–Kier alpha value is -2.19. The third-order valence-corrected chi connectivity index (χ3v) is 1.94. The maximum absolute atomic E-state index is 11.7. The van der Waals surface area contributed by atoms with Crippen molar-refractivity contribution in [1.82, 2.24) is 0 Å². The van der Waals surface area contributed by atoms with Crippen LogP contribution >= 0.6 is 0 Å². The molecule has 8 heteroatoms. The lowest BCUT2D eigenvalue weighted by Gasteiger charge is -2.24. The van der Waals surface area contributed by atoms with Crippen molar-refractivity contribution in [2.24, 2.45) is 0 Å². The standard InChI is InChI=1S/C11H14N2O6/c1-11(2,3)18-10(14)12(19-17)8-4-6-9(7-5-8)13(15)16/h4-7,17H,1-3H3. The quantitative estimate of drug-likeness (QED) is 0.514. The smallest absolute Gasteiger partial charge is 0.441 e. The molecule has 0 aliphatic rings. The second-order valence-corrected chi connectivity index (χ2v) is 4.63. The molecule has 1 aromatic rings. The number of amides is 1. The van der Waals surface area contributed by atoms with Gasteiger partial charge in [0.2, 0.25) is 0 Å². The zero-order chi connectivity index (χ0) is 14.6. The Morgan fingerprint density at radius 3 is 2.21 bits per heavy atom. The average molecular weight is 270 g/mol. The molecule has 0 fully saturated rings. The van der Waals surface area contributed by atoms with E-state index in [2.05, 4.69) is 4.99 Å². The summed E-state index contributed by atoms with van der Waals surface area (Å²) in [5.74, 6) is 0. The highest BCUT2D eigenvalue weighted by Crippen LogP contribution is 2.21. The highest BCUT2D eigenvalue weighted by atomic mass is 17.2. The number of carbonyl (C=O) groups excluding carboxylic acids is 1. The third kappa shape index (κ3) is 4.19. The fourth-order valence-electron chi connectivity index (χ4n) is 1.20. The molecule has 1 aromatic carbocycles. The first-order chi connectivity index (χ1) is 8.74. The summed E-state index contributed by atoms with van der Waals surface area (Å²) in [5.41, 5.74) is -0.817. The largest absolute Gasteiger partial charge is 0.442 e. The van der Waals surface area contributed by atoms with Crippen LogP contribution in [-0.2, 0) is 9.73 Å². The van der Waals surface area contributed by atoms with Crippen molar-refractivity contribution >= 4 is 17.5 Å². The molecule has 1 N–H and O–H groups in total. The van der Waals surface area contributed by atoms with E-state index < -0.39 is 16.6 Å². The van der Waals surface area contributed by atoms with Gasteiger partial charge in [-0.2, -0.15) is 0 Å². The molecule has 0 unspecified atom stereocenters. The van der Waals surface area contributed by atoms with Crippen LogP contribution in [-0.4, -0.2) is 21.9 Å². The second-order valence-electron chi connectivity index (χ2n) is 4.63. The van der Waals surface area contributed by atoms with Gasteiger partial charge in [0.15, 0.2) is 0 Å². The first kappa shape index (κ1) is 14.9. The highest BCUT2D eigenvalue weighted by molar-refractivity contribution is 5.85. The number of anilines is 1. The highest BCUT2D eigenvalue weighted by Gasteiger charge is 2.25. The zero-order valence-corrected chi connectivity index (χ0v) is 10.7. The topological polar surface area (TPSA) is 102 Å². The molecule has 0 heterocycles. The summed E-state index contributed by atoms with van der Waals surface area (Å²) < 4.78 is 4.99. The summed E-state index contributed by atoms with van der Waals surface area (Å²) in [5, 5.41) is 19.7. The van der Waals surface area contributed by atoms with Gasteiger partial charge in [0.05, 0.1) is 10.6 Å². The van der Waals surface area contributed by atoms with E-state index in [4.69, 9.17) is 9.99 Å². The Bertz CT molecular complexity index is 465. The van der Waals surface area contributed by atoms with Gasteiger partial charge in [0.1, 0.15) is 5.60 Å². The van der Waals surface area contributed by atoms with E-state index in [1.54, 1.807) is 20.8 Å². The zero-order valence-electron chi connectivity index (χ0n) is 10.7. The van der Waals surface area contributed by atoms with Crippen molar-refractivity contribution in [3.05, 3.63) is 34.4 Å². The van der Waals surface area contributed by atoms with Gasteiger partial charge >= 0.3 is 6.09 Å². The van der Waals surface area contributed by atoms with Gasteiger partial charge in [-0.05, 0) is 32.9 Å². The lowest BCUT2D eigenvalue weighted by Crippen LogP contribution is -2.36. The van der Waals surface area contributed by atoms with E-state index in [0.29, 0.717) is 5.06 Å². The molecule has 1 amide bonds. The molecule has 0 saturated carbocycles. The molecule has 0 saturated heterocycles. The van der Waals surface area contributed by atoms with Crippen molar-refractivity contribution in [2.75, 3.05) is 5.06 Å². The molecule has 19 heavy (non-hydrogen) atoms. The number of nitro benzene ring substituents is 1. The van der Waals surface area contributed by atoms with Crippen molar-refractivity contribution in [1.29, 1.82) is 0 Å². The van der Waals surface area contributed by atoms with E-state index in [1.807, 2.05) is 0 Å². The molecule has 0 spiro atoms. The predicted octanol–water partition coefficient (Wildman–Crippen LogP) is 2.74. The minimum atomic E-state index is -0.941. The number of non-ortho nitro benzene ring substituents is 1. The number of hydrogen-bond donors (Lipinski definition) is 1. The van der Waals surface area contributed by atoms with Crippen LogP contribution in [0.25, 0.3) is 0 Å². The van der Waals surface area contributed by atoms with E-state index >= 15 is 0 Å². The molecule has 0 aliphatic heterocycles. The number of nitrogens with zero attached hydrogens (tertiary/aromatic N) is 2. The van der Waals surface area contributed by atoms with E-state index in [9.17, 15) is 14.9 Å². The molecule has 8 nitrogen and oxygen atoms in total. The monoisotopic (exact) mass is 270 g/mol. The Balaban J connectivity index is 2.91. The molecule has 0 aliphatic carbocycles. The Morgan fingerprint density at radius 1 is 1.32 bits per heavy atom. The van der Waals surface area contributed by atoms with Gasteiger partial charge in [-0.15, -0.1) is 10.1 Å². The van der Waals surface area contributed by atoms with E-state index in [-0.39, 0.29) is 11.4 Å². The number of ether oxygens (including phenoxy) is 1. The lowest BCUT2D eigenvalue weighted by atomic mass is 10.2. The average Bonchev–Trinajstić information content (AvgIpc) is 2.28. The second kappa shape index (κ2) is 5.63. The number of benzene rings is 1. The van der Waals surface area contributed by atoms with Crippen molar-refractivity contribution in [3.8, 4) is 0 Å². The van der Waals surface area contributed by atoms with Crippen molar-refractivity contribution in [3.63, 3.8) is 0 Å². The molecular weight excluding hydrogens is 256 g/mol. The molecule has 0 radical (unpaired) electrons. The number of carbonyl (C=O) groups is 1. The first-order valence-electron chi connectivity index (χ1n) is 5.33. The van der Waals surface area contributed by atoms with Crippen LogP contribution in [0.15, 0.2) is 24.3 Å². The van der Waals surface area contributed by atoms with Gasteiger partial charge in [0.25, 0.3) is 5.69 Å². The van der Waals surface area contributed by atoms with Crippen molar-refractivity contribution < 1.29 is 24.7 Å².